The average Bonchev–Trinajstić information content (AvgIpc) is 2.29. The van der Waals surface area contributed by atoms with E-state index >= 15 is 0 Å². The zero-order chi connectivity index (χ0) is 12.7. The quantitative estimate of drug-likeness (QED) is 0.585. The number of halogens is 1. The Morgan fingerprint density at radius 2 is 1.94 bits per heavy atom. The van der Waals surface area contributed by atoms with Crippen LogP contribution in [0.5, 0.6) is 0 Å². The number of carboxylic acid groups (broad SMARTS) is 1. The van der Waals surface area contributed by atoms with Crippen molar-refractivity contribution in [3.8, 4) is 0 Å². The number of nitrogens with one attached hydrogen (secondary N) is 1. The Kier molecular flexibility index (Phi) is 6.26. The first-order chi connectivity index (χ1) is 8.15. The molecule has 1 aliphatic rings. The number of aliphatic carboxylic acids is 1. The number of carboxylic acids is 1. The lowest BCUT2D eigenvalue weighted by Crippen LogP contribution is -2.27. The zero-order valence-electron chi connectivity index (χ0n) is 9.80. The van der Waals surface area contributed by atoms with E-state index < -0.39 is 5.97 Å². The van der Waals surface area contributed by atoms with Gasteiger partial charge in [0.2, 0.25) is 5.91 Å². The Balaban J connectivity index is 2.52. The molecule has 0 saturated carbocycles. The number of hydrogen-bond acceptors (Lipinski definition) is 2. The molecule has 2 N–H and O–H groups in total. The highest BCUT2D eigenvalue weighted by Crippen LogP contribution is 2.23. The lowest BCUT2D eigenvalue weighted by atomic mass is 9.96. The van der Waals surface area contributed by atoms with E-state index in [0.29, 0.717) is 30.5 Å². The highest BCUT2D eigenvalue weighted by Gasteiger charge is 2.19. The van der Waals surface area contributed by atoms with Crippen LogP contribution >= 0.6 is 15.9 Å². The minimum atomic E-state index is -0.902. The summed E-state index contributed by atoms with van der Waals surface area (Å²) in [5.41, 5.74) is 0.998. The van der Waals surface area contributed by atoms with Gasteiger partial charge >= 0.3 is 5.97 Å². The number of carbonyl (C=O) groups is 2. The van der Waals surface area contributed by atoms with Crippen molar-refractivity contribution in [3.05, 3.63) is 11.3 Å². The molecule has 1 aliphatic carbocycles. The van der Waals surface area contributed by atoms with Crippen molar-refractivity contribution >= 4 is 27.8 Å². The van der Waals surface area contributed by atoms with Crippen LogP contribution in [0, 0.1) is 0 Å². The van der Waals surface area contributed by atoms with E-state index in [1.54, 1.807) is 0 Å². The SMILES string of the molecule is O=C(CCCCBr)NC1=C(C(=O)O)CCCC1. The third-order valence-electron chi connectivity index (χ3n) is 2.80. The summed E-state index contributed by atoms with van der Waals surface area (Å²) in [5, 5.41) is 12.7. The van der Waals surface area contributed by atoms with E-state index in [0.717, 1.165) is 31.0 Å². The molecule has 96 valence electrons. The van der Waals surface area contributed by atoms with Gasteiger partial charge in [0.05, 0.1) is 5.57 Å². The Hall–Kier alpha value is -0.840. The molecule has 4 nitrogen and oxygen atoms in total. The summed E-state index contributed by atoms with van der Waals surface area (Å²) in [6, 6.07) is 0. The molecule has 0 aromatic heterocycles. The predicted molar refractivity (Wildman–Crippen MR) is 68.9 cm³/mol. The maximum absolute atomic E-state index is 11.6. The molecular weight excluding hydrogens is 286 g/mol. The van der Waals surface area contributed by atoms with Gasteiger partial charge in [-0.1, -0.05) is 15.9 Å². The van der Waals surface area contributed by atoms with Gasteiger partial charge in [-0.15, -0.1) is 0 Å². The Morgan fingerprint density at radius 1 is 1.24 bits per heavy atom. The minimum Gasteiger partial charge on any atom is -0.478 e. The van der Waals surface area contributed by atoms with Crippen LogP contribution in [-0.2, 0) is 9.59 Å². The van der Waals surface area contributed by atoms with Gasteiger partial charge < -0.3 is 10.4 Å². The first-order valence-electron chi connectivity index (χ1n) is 5.96. The molecule has 0 radical (unpaired) electrons. The van der Waals surface area contributed by atoms with Crippen LogP contribution in [0.2, 0.25) is 0 Å². The van der Waals surface area contributed by atoms with Crippen molar-refractivity contribution in [1.29, 1.82) is 0 Å². The Morgan fingerprint density at radius 3 is 2.59 bits per heavy atom. The maximum atomic E-state index is 11.6. The van der Waals surface area contributed by atoms with E-state index in [1.165, 1.54) is 0 Å². The number of alkyl halides is 1. The fourth-order valence-electron chi connectivity index (χ4n) is 1.89. The van der Waals surface area contributed by atoms with Gasteiger partial charge in [-0.05, 0) is 38.5 Å². The van der Waals surface area contributed by atoms with Crippen molar-refractivity contribution in [2.75, 3.05) is 5.33 Å². The fraction of sp³-hybridized carbons (Fsp3) is 0.667. The molecule has 5 heteroatoms. The molecular formula is C12H18BrNO3. The highest BCUT2D eigenvalue weighted by molar-refractivity contribution is 9.09. The van der Waals surface area contributed by atoms with Crippen molar-refractivity contribution < 1.29 is 14.7 Å². The van der Waals surface area contributed by atoms with Gasteiger partial charge in [-0.2, -0.15) is 0 Å². The molecule has 0 fully saturated rings. The molecule has 0 bridgehead atoms. The zero-order valence-corrected chi connectivity index (χ0v) is 11.4. The van der Waals surface area contributed by atoms with Gasteiger partial charge in [0.25, 0.3) is 0 Å². The van der Waals surface area contributed by atoms with Gasteiger partial charge in [-0.3, -0.25) is 4.79 Å². The molecule has 0 unspecified atom stereocenters. The molecule has 1 amide bonds. The topological polar surface area (TPSA) is 66.4 Å². The summed E-state index contributed by atoms with van der Waals surface area (Å²) in [6.07, 6.45) is 5.32. The molecule has 0 heterocycles. The number of amides is 1. The van der Waals surface area contributed by atoms with Gasteiger partial charge in [-0.25, -0.2) is 4.79 Å². The number of rotatable bonds is 6. The molecule has 0 atom stereocenters. The Bertz CT molecular complexity index is 326. The summed E-state index contributed by atoms with van der Waals surface area (Å²) in [5.74, 6) is -0.970. The van der Waals surface area contributed by atoms with E-state index in [1.807, 2.05) is 0 Å². The van der Waals surface area contributed by atoms with Crippen LogP contribution in [0.25, 0.3) is 0 Å². The van der Waals surface area contributed by atoms with Gasteiger partial charge in [0, 0.05) is 17.4 Å². The van der Waals surface area contributed by atoms with Crippen molar-refractivity contribution in [3.63, 3.8) is 0 Å². The summed E-state index contributed by atoms with van der Waals surface area (Å²) < 4.78 is 0. The van der Waals surface area contributed by atoms with Gasteiger partial charge in [0.15, 0.2) is 0 Å². The van der Waals surface area contributed by atoms with Crippen LogP contribution in [0.1, 0.15) is 44.9 Å². The summed E-state index contributed by atoms with van der Waals surface area (Å²) in [4.78, 5) is 22.6. The predicted octanol–water partition coefficient (Wildman–Crippen LogP) is 2.58. The fourth-order valence-corrected chi connectivity index (χ4v) is 2.29. The van der Waals surface area contributed by atoms with E-state index in [9.17, 15) is 9.59 Å². The lowest BCUT2D eigenvalue weighted by Gasteiger charge is -2.18. The molecule has 17 heavy (non-hydrogen) atoms. The molecule has 0 aromatic rings. The Labute approximate surface area is 110 Å². The van der Waals surface area contributed by atoms with E-state index in [4.69, 9.17) is 5.11 Å². The third-order valence-corrected chi connectivity index (χ3v) is 3.36. The second-order valence-electron chi connectivity index (χ2n) is 4.16. The van der Waals surface area contributed by atoms with Crippen molar-refractivity contribution in [2.24, 2.45) is 0 Å². The number of unbranched alkanes of at least 4 members (excludes halogenated alkanes) is 1. The normalized spacial score (nSPS) is 15.8. The number of hydrogen-bond donors (Lipinski definition) is 2. The lowest BCUT2D eigenvalue weighted by molar-refractivity contribution is -0.133. The second kappa shape index (κ2) is 7.48. The second-order valence-corrected chi connectivity index (χ2v) is 4.96. The van der Waals surface area contributed by atoms with Crippen LogP contribution in [0.15, 0.2) is 11.3 Å². The summed E-state index contributed by atoms with van der Waals surface area (Å²) in [7, 11) is 0. The smallest absolute Gasteiger partial charge is 0.333 e. The summed E-state index contributed by atoms with van der Waals surface area (Å²) in [6.45, 7) is 0. The molecule has 0 saturated heterocycles. The number of carbonyl (C=O) groups excluding carboxylic acids is 1. The monoisotopic (exact) mass is 303 g/mol. The average molecular weight is 304 g/mol. The number of allylic oxidation sites excluding steroid dienone is 1. The highest BCUT2D eigenvalue weighted by atomic mass is 79.9. The molecule has 0 aromatic carbocycles. The van der Waals surface area contributed by atoms with E-state index in [2.05, 4.69) is 21.2 Å². The summed E-state index contributed by atoms with van der Waals surface area (Å²) >= 11 is 3.31. The molecule has 0 aliphatic heterocycles. The van der Waals surface area contributed by atoms with Crippen LogP contribution in [0.3, 0.4) is 0 Å². The molecule has 0 spiro atoms. The maximum Gasteiger partial charge on any atom is 0.333 e. The van der Waals surface area contributed by atoms with Crippen LogP contribution in [0.4, 0.5) is 0 Å². The first kappa shape index (κ1) is 14.2. The van der Waals surface area contributed by atoms with Crippen molar-refractivity contribution in [1.82, 2.24) is 5.32 Å². The first-order valence-corrected chi connectivity index (χ1v) is 7.08. The van der Waals surface area contributed by atoms with E-state index in [-0.39, 0.29) is 5.91 Å². The standard InChI is InChI=1S/C12H18BrNO3/c13-8-4-3-7-11(15)14-10-6-2-1-5-9(10)12(16)17/h1-8H2,(H,14,15)(H,16,17). The third kappa shape index (κ3) is 4.89. The van der Waals surface area contributed by atoms with Gasteiger partial charge in [0.1, 0.15) is 0 Å². The van der Waals surface area contributed by atoms with Crippen LogP contribution in [-0.4, -0.2) is 22.3 Å². The minimum absolute atomic E-state index is 0.0680. The largest absolute Gasteiger partial charge is 0.478 e. The van der Waals surface area contributed by atoms with Crippen LogP contribution < -0.4 is 5.32 Å². The van der Waals surface area contributed by atoms with Crippen molar-refractivity contribution in [2.45, 2.75) is 44.9 Å². The molecule has 1 rings (SSSR count).